The van der Waals surface area contributed by atoms with E-state index in [-0.39, 0.29) is 12.4 Å². The summed E-state index contributed by atoms with van der Waals surface area (Å²) in [7, 11) is -9.36. The first kappa shape index (κ1) is 22.5. The number of ether oxygens (including phenoxy) is 1. The number of imidazole rings is 1. The molecule has 27 heavy (non-hydrogen) atoms. The number of nitrogens with zero attached hydrogens (tertiary/aromatic N) is 4. The van der Waals surface area contributed by atoms with Crippen molar-refractivity contribution in [3.05, 3.63) is 12.7 Å². The largest absolute Gasteiger partial charge is 0.485 e. The van der Waals surface area contributed by atoms with Gasteiger partial charge in [-0.15, -0.1) is 0 Å². The van der Waals surface area contributed by atoms with Gasteiger partial charge in [0.2, 0.25) is 6.49 Å². The van der Waals surface area contributed by atoms with Crippen LogP contribution >= 0.6 is 21.9 Å². The van der Waals surface area contributed by atoms with Gasteiger partial charge in [0.15, 0.2) is 11.5 Å². The fourth-order valence-electron chi connectivity index (χ4n) is 1.97. The van der Waals surface area contributed by atoms with Crippen molar-refractivity contribution in [1.82, 2.24) is 19.5 Å². The molecule has 0 aliphatic heterocycles. The van der Waals surface area contributed by atoms with Gasteiger partial charge in [0.05, 0.1) is 19.0 Å². The number of hydrogen-bond acceptors (Lipinski definition) is 10. The molecule has 0 aliphatic carbocycles. The molecule has 0 aliphatic rings. The van der Waals surface area contributed by atoms with Gasteiger partial charge in [-0.3, -0.25) is 4.57 Å². The molecule has 2 aromatic heterocycles. The number of rotatable bonds is 9. The first-order valence-electron chi connectivity index (χ1n) is 7.18. The summed E-state index contributed by atoms with van der Waals surface area (Å²) in [6.45, 7) is -1.35. The van der Waals surface area contributed by atoms with Crippen molar-refractivity contribution in [3.63, 3.8) is 0 Å². The van der Waals surface area contributed by atoms with E-state index in [1.165, 1.54) is 12.7 Å². The number of hydrogen-bond donors (Lipinski definition) is 4. The molecular formula is C10H18N5O8P3S. The van der Waals surface area contributed by atoms with Gasteiger partial charge in [-0.25, -0.2) is 28.1 Å². The van der Waals surface area contributed by atoms with E-state index in [1.54, 1.807) is 11.5 Å². The monoisotopic (exact) mass is 461 g/mol. The summed E-state index contributed by atoms with van der Waals surface area (Å²) in [5.41, 5.74) is 6.60. The SMILES string of the molecule is C[C@H](Cn1cnc2c(N)ncnc21)OCP(O)(=S)OP(=O)(O)OP(C)(=O)O. The molecule has 13 nitrogen and oxygen atoms in total. The molecule has 2 aromatic rings. The van der Waals surface area contributed by atoms with Crippen molar-refractivity contribution < 1.29 is 37.2 Å². The van der Waals surface area contributed by atoms with Crippen molar-refractivity contribution in [2.45, 2.75) is 19.6 Å². The molecule has 0 amide bonds. The zero-order valence-electron chi connectivity index (χ0n) is 14.1. The molecule has 0 aromatic carbocycles. The molecule has 0 bridgehead atoms. The quantitative estimate of drug-likeness (QED) is 0.387. The highest BCUT2D eigenvalue weighted by atomic mass is 32.5. The maximum Gasteiger partial charge on any atom is 0.485 e. The van der Waals surface area contributed by atoms with E-state index < -0.39 is 34.4 Å². The van der Waals surface area contributed by atoms with Crippen LogP contribution in [0.25, 0.3) is 11.2 Å². The number of nitrogens with two attached hydrogens (primary N) is 1. The van der Waals surface area contributed by atoms with Crippen LogP contribution in [0.5, 0.6) is 0 Å². The lowest BCUT2D eigenvalue weighted by atomic mass is 10.4. The second-order valence-electron chi connectivity index (χ2n) is 5.51. The van der Waals surface area contributed by atoms with Crippen molar-refractivity contribution in [2.24, 2.45) is 0 Å². The molecular weight excluding hydrogens is 443 g/mol. The summed E-state index contributed by atoms with van der Waals surface area (Å²) in [5.74, 6) is 0.224. The molecule has 2 rings (SSSR count). The second-order valence-corrected chi connectivity index (χ2v) is 12.6. The van der Waals surface area contributed by atoms with E-state index in [0.29, 0.717) is 17.8 Å². The highest BCUT2D eigenvalue weighted by Crippen LogP contribution is 2.66. The molecule has 2 heterocycles. The normalized spacial score (nSPS) is 19.9. The van der Waals surface area contributed by atoms with Gasteiger partial charge in [0.1, 0.15) is 18.2 Å². The average molecular weight is 461 g/mol. The van der Waals surface area contributed by atoms with E-state index in [9.17, 15) is 18.9 Å². The molecule has 0 fully saturated rings. The van der Waals surface area contributed by atoms with Crippen LogP contribution in [0.4, 0.5) is 5.82 Å². The van der Waals surface area contributed by atoms with Crippen LogP contribution in [-0.4, -0.2) is 53.3 Å². The van der Waals surface area contributed by atoms with E-state index >= 15 is 0 Å². The van der Waals surface area contributed by atoms with Crippen LogP contribution in [0.2, 0.25) is 0 Å². The Balaban J connectivity index is 1.96. The molecule has 0 spiro atoms. The lowest BCUT2D eigenvalue weighted by molar-refractivity contribution is 0.0813. The summed E-state index contributed by atoms with van der Waals surface area (Å²) < 4.78 is 38.1. The zero-order valence-corrected chi connectivity index (χ0v) is 17.6. The van der Waals surface area contributed by atoms with Crippen molar-refractivity contribution in [3.8, 4) is 0 Å². The number of aromatic nitrogens is 4. The number of nitrogen functional groups attached to an aromatic ring is 1. The molecule has 17 heteroatoms. The first-order valence-corrected chi connectivity index (χ1v) is 13.6. The third-order valence-corrected chi connectivity index (χ3v) is 8.17. The minimum Gasteiger partial charge on any atom is -0.382 e. The summed E-state index contributed by atoms with van der Waals surface area (Å²) >= 11 is 4.72. The van der Waals surface area contributed by atoms with Crippen LogP contribution < -0.4 is 5.73 Å². The summed E-state index contributed by atoms with van der Waals surface area (Å²) in [5, 5.41) is 0. The minimum absolute atomic E-state index is 0.224. The fraction of sp³-hybridized carbons (Fsp3) is 0.500. The predicted molar refractivity (Wildman–Crippen MR) is 99.4 cm³/mol. The zero-order chi connectivity index (χ0) is 20.5. The summed E-state index contributed by atoms with van der Waals surface area (Å²) in [6.07, 6.45) is 1.64. The minimum atomic E-state index is -5.03. The Morgan fingerprint density at radius 2 is 1.93 bits per heavy atom. The molecule has 0 saturated carbocycles. The lowest BCUT2D eigenvalue weighted by Gasteiger charge is -2.21. The Bertz CT molecular complexity index is 963. The standard InChI is InChI=1S/C10H18N5O8P3S/c1-7(3-15-5-14-8-9(11)12-4-13-10(8)15)21-6-25(18,27)23-26(19,20)22-24(2,16)17/h4-5,7H,3,6H2,1-2H3,(H,16,17)(H,18,27)(H,19,20)(H2,11,12,13)/t7-,25?/m1/s1. The highest BCUT2D eigenvalue weighted by Gasteiger charge is 2.36. The third-order valence-electron chi connectivity index (χ3n) is 2.89. The average Bonchev–Trinajstić information content (AvgIpc) is 2.86. The van der Waals surface area contributed by atoms with Crippen LogP contribution in [0.15, 0.2) is 12.7 Å². The van der Waals surface area contributed by atoms with Crippen molar-refractivity contribution >= 4 is 50.7 Å². The van der Waals surface area contributed by atoms with Gasteiger partial charge < -0.3 is 29.7 Å². The molecule has 0 radical (unpaired) electrons. The Labute approximate surface area is 158 Å². The Morgan fingerprint density at radius 3 is 2.56 bits per heavy atom. The van der Waals surface area contributed by atoms with Crippen LogP contribution in [0, 0.1) is 0 Å². The lowest BCUT2D eigenvalue weighted by Crippen LogP contribution is -2.17. The van der Waals surface area contributed by atoms with Gasteiger partial charge in [-0.1, -0.05) is 0 Å². The number of phosphoric acid groups is 1. The Morgan fingerprint density at radius 1 is 1.26 bits per heavy atom. The van der Waals surface area contributed by atoms with Crippen LogP contribution in [-0.2, 0) is 40.8 Å². The predicted octanol–water partition coefficient (Wildman–Crippen LogP) is 1.02. The second kappa shape index (κ2) is 8.30. The smallest absolute Gasteiger partial charge is 0.382 e. The van der Waals surface area contributed by atoms with Crippen LogP contribution in [0.3, 0.4) is 0 Å². The maximum atomic E-state index is 11.6. The maximum absolute atomic E-state index is 11.6. The molecule has 5 N–H and O–H groups in total. The van der Waals surface area contributed by atoms with E-state index in [0.717, 1.165) is 0 Å². The van der Waals surface area contributed by atoms with E-state index in [2.05, 4.69) is 23.6 Å². The molecule has 152 valence electrons. The number of fused-ring (bicyclic) bond motifs is 1. The van der Waals surface area contributed by atoms with E-state index in [1.807, 2.05) is 0 Å². The van der Waals surface area contributed by atoms with Gasteiger partial charge >= 0.3 is 15.4 Å². The molecule has 3 unspecified atom stereocenters. The Hall–Kier alpha value is -0.780. The third kappa shape index (κ3) is 6.95. The molecule has 0 saturated heterocycles. The van der Waals surface area contributed by atoms with Gasteiger partial charge in [-0.2, -0.15) is 0 Å². The molecule has 4 atom stereocenters. The topological polar surface area (TPSA) is 192 Å². The summed E-state index contributed by atoms with van der Waals surface area (Å²) in [4.78, 5) is 40.3. The Kier molecular flexibility index (Phi) is 6.92. The number of anilines is 1. The van der Waals surface area contributed by atoms with E-state index in [4.69, 9.17) is 27.2 Å². The fourth-order valence-corrected chi connectivity index (χ4v) is 6.76. The van der Waals surface area contributed by atoms with Gasteiger partial charge in [0, 0.05) is 6.66 Å². The first-order chi connectivity index (χ1) is 12.3. The van der Waals surface area contributed by atoms with Gasteiger partial charge in [-0.05, 0) is 18.7 Å². The van der Waals surface area contributed by atoms with Gasteiger partial charge in [0.25, 0.3) is 0 Å². The summed E-state index contributed by atoms with van der Waals surface area (Å²) in [6, 6.07) is 0. The highest BCUT2D eigenvalue weighted by molar-refractivity contribution is 8.10. The van der Waals surface area contributed by atoms with Crippen LogP contribution in [0.1, 0.15) is 6.92 Å². The van der Waals surface area contributed by atoms with Crippen molar-refractivity contribution in [1.29, 1.82) is 0 Å². The van der Waals surface area contributed by atoms with Crippen molar-refractivity contribution in [2.75, 3.05) is 18.7 Å².